The van der Waals surface area contributed by atoms with Gasteiger partial charge in [-0.25, -0.2) is 4.98 Å². The third-order valence-corrected chi connectivity index (χ3v) is 7.63. The van der Waals surface area contributed by atoms with E-state index in [-0.39, 0.29) is 17.7 Å². The molecule has 4 aromatic rings. The van der Waals surface area contributed by atoms with E-state index in [0.717, 1.165) is 29.8 Å². The molecule has 1 aliphatic rings. The molecule has 38 heavy (non-hydrogen) atoms. The van der Waals surface area contributed by atoms with Crippen LogP contribution < -0.4 is 10.2 Å². The van der Waals surface area contributed by atoms with E-state index in [2.05, 4.69) is 5.32 Å². The highest BCUT2D eigenvalue weighted by molar-refractivity contribution is 7.15. The van der Waals surface area contributed by atoms with Crippen molar-refractivity contribution < 1.29 is 19.2 Å². The standard InChI is InChI=1S/C28H27N5O4S/c1-31(27(37)19-7-3-2-4-8-19)20-10-12-23-22(17-20)29-28(30-26(36)24-13-11-21(18-34)38-24)33(23)16-6-15-32-14-5-9-25(32)35/h2-4,7-8,10-13,17-18H,5-6,9,14-16H2,1H3,(H,29,30,36). The largest absolute Gasteiger partial charge is 0.343 e. The Morgan fingerprint density at radius 3 is 2.63 bits per heavy atom. The topological polar surface area (TPSA) is 105 Å². The quantitative estimate of drug-likeness (QED) is 0.323. The minimum absolute atomic E-state index is 0.142. The lowest BCUT2D eigenvalue weighted by Crippen LogP contribution is -2.26. The zero-order valence-corrected chi connectivity index (χ0v) is 21.7. The Kier molecular flexibility index (Phi) is 7.32. The highest BCUT2D eigenvalue weighted by atomic mass is 32.1. The second-order valence-corrected chi connectivity index (χ2v) is 10.2. The van der Waals surface area contributed by atoms with Crippen molar-refractivity contribution in [2.75, 3.05) is 30.4 Å². The van der Waals surface area contributed by atoms with Crippen LogP contribution in [0.5, 0.6) is 0 Å². The summed E-state index contributed by atoms with van der Waals surface area (Å²) in [5, 5.41) is 2.88. The minimum atomic E-state index is -0.356. The number of amides is 3. The van der Waals surface area contributed by atoms with Crippen LogP contribution in [0, 0.1) is 0 Å². The molecule has 0 aliphatic carbocycles. The van der Waals surface area contributed by atoms with Gasteiger partial charge in [-0.1, -0.05) is 18.2 Å². The third kappa shape index (κ3) is 5.21. The lowest BCUT2D eigenvalue weighted by Gasteiger charge is -2.18. The van der Waals surface area contributed by atoms with Crippen LogP contribution in [0.15, 0.2) is 60.7 Å². The molecule has 1 fully saturated rings. The van der Waals surface area contributed by atoms with Crippen molar-refractivity contribution in [3.63, 3.8) is 0 Å². The molecule has 10 heteroatoms. The van der Waals surface area contributed by atoms with Crippen LogP contribution >= 0.6 is 11.3 Å². The van der Waals surface area contributed by atoms with Gasteiger partial charge in [0.15, 0.2) is 6.29 Å². The number of thiophene rings is 1. The SMILES string of the molecule is CN(C(=O)c1ccccc1)c1ccc2c(c1)nc(NC(=O)c1ccc(C=O)s1)n2CCCN1CCCC1=O. The predicted molar refractivity (Wildman–Crippen MR) is 147 cm³/mol. The van der Waals surface area contributed by atoms with Crippen molar-refractivity contribution in [1.82, 2.24) is 14.5 Å². The van der Waals surface area contributed by atoms with E-state index in [1.165, 1.54) is 0 Å². The average molecular weight is 530 g/mol. The number of nitrogens with zero attached hydrogens (tertiary/aromatic N) is 4. The van der Waals surface area contributed by atoms with Crippen LogP contribution in [0.25, 0.3) is 11.0 Å². The average Bonchev–Trinajstić information content (AvgIpc) is 3.67. The molecule has 194 valence electrons. The summed E-state index contributed by atoms with van der Waals surface area (Å²) >= 11 is 1.11. The van der Waals surface area contributed by atoms with Gasteiger partial charge in [0, 0.05) is 44.4 Å². The molecule has 0 atom stereocenters. The molecule has 0 radical (unpaired) electrons. The maximum Gasteiger partial charge on any atom is 0.268 e. The second kappa shape index (κ2) is 11.0. The van der Waals surface area contributed by atoms with Gasteiger partial charge in [0.2, 0.25) is 11.9 Å². The Morgan fingerprint density at radius 2 is 1.92 bits per heavy atom. The molecule has 1 N–H and O–H groups in total. The van der Waals surface area contributed by atoms with Crippen LogP contribution in [0.2, 0.25) is 0 Å². The number of benzene rings is 2. The van der Waals surface area contributed by atoms with E-state index >= 15 is 0 Å². The first-order valence-corrected chi connectivity index (χ1v) is 13.2. The molecule has 3 amide bonds. The van der Waals surface area contributed by atoms with Gasteiger partial charge in [0.25, 0.3) is 11.8 Å². The van der Waals surface area contributed by atoms with Crippen LogP contribution in [-0.2, 0) is 11.3 Å². The van der Waals surface area contributed by atoms with E-state index in [1.54, 1.807) is 36.2 Å². The zero-order chi connectivity index (χ0) is 26.6. The molecule has 1 aliphatic heterocycles. The molecular weight excluding hydrogens is 502 g/mol. The first-order chi connectivity index (χ1) is 18.4. The molecule has 9 nitrogen and oxygen atoms in total. The molecule has 2 aromatic heterocycles. The summed E-state index contributed by atoms with van der Waals surface area (Å²) in [6.45, 7) is 1.94. The number of hydrogen-bond acceptors (Lipinski definition) is 6. The molecule has 1 saturated heterocycles. The molecule has 0 spiro atoms. The number of likely N-dealkylation sites (tertiary alicyclic amines) is 1. The molecule has 2 aromatic carbocycles. The summed E-state index contributed by atoms with van der Waals surface area (Å²) in [4.78, 5) is 58.0. The highest BCUT2D eigenvalue weighted by Crippen LogP contribution is 2.27. The normalized spacial score (nSPS) is 13.2. The van der Waals surface area contributed by atoms with Crippen LogP contribution in [0.1, 0.15) is 49.0 Å². The first kappa shape index (κ1) is 25.3. The van der Waals surface area contributed by atoms with Gasteiger partial charge in [0.1, 0.15) is 0 Å². The van der Waals surface area contributed by atoms with E-state index < -0.39 is 0 Å². The van der Waals surface area contributed by atoms with Gasteiger partial charge in [0.05, 0.1) is 20.8 Å². The lowest BCUT2D eigenvalue weighted by atomic mass is 10.2. The van der Waals surface area contributed by atoms with Gasteiger partial charge in [-0.15, -0.1) is 11.3 Å². The molecular formula is C28H27N5O4S. The van der Waals surface area contributed by atoms with Crippen molar-refractivity contribution in [2.45, 2.75) is 25.8 Å². The van der Waals surface area contributed by atoms with Crippen molar-refractivity contribution in [1.29, 1.82) is 0 Å². The van der Waals surface area contributed by atoms with E-state index in [0.29, 0.717) is 64.7 Å². The van der Waals surface area contributed by atoms with E-state index in [4.69, 9.17) is 4.98 Å². The summed E-state index contributed by atoms with van der Waals surface area (Å²) < 4.78 is 1.92. The fourth-order valence-electron chi connectivity index (χ4n) is 4.60. The number of hydrogen-bond donors (Lipinski definition) is 1. The highest BCUT2D eigenvalue weighted by Gasteiger charge is 2.21. The van der Waals surface area contributed by atoms with Crippen LogP contribution in [0.3, 0.4) is 0 Å². The number of carbonyl (C=O) groups is 4. The maximum absolute atomic E-state index is 13.0. The number of fused-ring (bicyclic) bond motifs is 1. The Hall–Kier alpha value is -4.31. The number of aldehydes is 1. The van der Waals surface area contributed by atoms with Gasteiger partial charge < -0.3 is 14.4 Å². The smallest absolute Gasteiger partial charge is 0.268 e. The second-order valence-electron chi connectivity index (χ2n) is 9.10. The minimum Gasteiger partial charge on any atom is -0.343 e. The molecule has 3 heterocycles. The molecule has 0 bridgehead atoms. The summed E-state index contributed by atoms with van der Waals surface area (Å²) in [7, 11) is 1.71. The van der Waals surface area contributed by atoms with E-state index in [1.807, 2.05) is 45.9 Å². The Morgan fingerprint density at radius 1 is 1.11 bits per heavy atom. The number of aromatic nitrogens is 2. The van der Waals surface area contributed by atoms with E-state index in [9.17, 15) is 19.2 Å². The number of aryl methyl sites for hydroxylation is 1. The van der Waals surface area contributed by atoms with Crippen molar-refractivity contribution in [3.05, 3.63) is 76.0 Å². The third-order valence-electron chi connectivity index (χ3n) is 6.62. The monoisotopic (exact) mass is 529 g/mol. The van der Waals surface area contributed by atoms with Gasteiger partial charge in [-0.2, -0.15) is 0 Å². The summed E-state index contributed by atoms with van der Waals surface area (Å²) in [6, 6.07) is 17.8. The van der Waals surface area contributed by atoms with Crippen LogP contribution in [-0.4, -0.2) is 58.6 Å². The summed E-state index contributed by atoms with van der Waals surface area (Å²) in [5.74, 6) is 0.0456. The zero-order valence-electron chi connectivity index (χ0n) is 20.9. The lowest BCUT2D eigenvalue weighted by molar-refractivity contribution is -0.127. The maximum atomic E-state index is 13.0. The number of carbonyl (C=O) groups excluding carboxylic acids is 4. The number of anilines is 2. The fraction of sp³-hybridized carbons (Fsp3) is 0.250. The first-order valence-electron chi connectivity index (χ1n) is 12.4. The van der Waals surface area contributed by atoms with Crippen molar-refractivity contribution in [2.24, 2.45) is 0 Å². The number of nitrogens with one attached hydrogen (secondary N) is 1. The Bertz CT molecular complexity index is 1510. The molecule has 5 rings (SSSR count). The number of imidazole rings is 1. The van der Waals surface area contributed by atoms with Crippen molar-refractivity contribution in [3.8, 4) is 0 Å². The van der Waals surface area contributed by atoms with Gasteiger partial charge in [-0.3, -0.25) is 24.5 Å². The number of rotatable bonds is 9. The molecule has 0 unspecified atom stereocenters. The summed E-state index contributed by atoms with van der Waals surface area (Å²) in [6.07, 6.45) is 2.89. The summed E-state index contributed by atoms with van der Waals surface area (Å²) in [5.41, 5.74) is 2.68. The fourth-order valence-corrected chi connectivity index (χ4v) is 5.32. The van der Waals surface area contributed by atoms with Crippen molar-refractivity contribution >= 4 is 58.0 Å². The Labute approximate surface area is 223 Å². The molecule has 0 saturated carbocycles. The Balaban J connectivity index is 1.43. The van der Waals surface area contributed by atoms with Crippen LogP contribution in [0.4, 0.5) is 11.6 Å². The van der Waals surface area contributed by atoms with Gasteiger partial charge in [-0.05, 0) is 55.3 Å². The van der Waals surface area contributed by atoms with Gasteiger partial charge >= 0.3 is 0 Å². The predicted octanol–water partition coefficient (Wildman–Crippen LogP) is 4.45.